The lowest BCUT2D eigenvalue weighted by Crippen LogP contribution is -1.91. The number of hydrogen-bond donors (Lipinski definition) is 0. The predicted molar refractivity (Wildman–Crippen MR) is 42.0 cm³/mol. The van der Waals surface area contributed by atoms with Gasteiger partial charge in [0.15, 0.2) is 6.20 Å². The molecule has 0 radical (unpaired) electrons. The summed E-state index contributed by atoms with van der Waals surface area (Å²) in [5.74, 6) is 0. The molecule has 0 spiro atoms. The van der Waals surface area contributed by atoms with E-state index in [0.29, 0.717) is 0 Å². The summed E-state index contributed by atoms with van der Waals surface area (Å²) in [5.41, 5.74) is 1.40. The van der Waals surface area contributed by atoms with Gasteiger partial charge in [-0.3, -0.25) is 0 Å². The van der Waals surface area contributed by atoms with Crippen LogP contribution < -0.4 is 0 Å². The van der Waals surface area contributed by atoms with Gasteiger partial charge in [0.2, 0.25) is 0 Å². The minimum atomic E-state index is 1.18. The molecule has 0 aliphatic heterocycles. The van der Waals surface area contributed by atoms with Crippen LogP contribution in [0.2, 0.25) is 0 Å². The van der Waals surface area contributed by atoms with Gasteiger partial charge in [0.25, 0.3) is 0 Å². The summed E-state index contributed by atoms with van der Waals surface area (Å²) >= 11 is 0. The van der Waals surface area contributed by atoms with Crippen molar-refractivity contribution in [3.05, 3.63) is 11.8 Å². The monoisotopic (exact) mass is 126 g/mol. The number of nitrogens with zero attached hydrogens (tertiary/aromatic N) is 1. The third-order valence-corrected chi connectivity index (χ3v) is 1.09. The van der Waals surface area contributed by atoms with Crippen LogP contribution in [0.15, 0.2) is 11.8 Å². The highest BCUT2D eigenvalue weighted by Crippen LogP contribution is 2.01. The van der Waals surface area contributed by atoms with Crippen molar-refractivity contribution in [2.75, 3.05) is 7.05 Å². The molecular weight excluding hydrogens is 110 g/mol. The van der Waals surface area contributed by atoms with Crippen molar-refractivity contribution in [2.45, 2.75) is 26.7 Å². The Morgan fingerprint density at radius 1 is 1.67 bits per heavy atom. The summed E-state index contributed by atoms with van der Waals surface area (Å²) in [6, 6.07) is 0. The molecule has 0 atom stereocenters. The molecule has 0 N–H and O–H groups in total. The van der Waals surface area contributed by atoms with Crippen LogP contribution in [-0.4, -0.2) is 18.3 Å². The second-order valence-electron chi connectivity index (χ2n) is 2.48. The second kappa shape index (κ2) is 4.30. The van der Waals surface area contributed by atoms with E-state index in [2.05, 4.69) is 26.8 Å². The fraction of sp³-hybridized carbons (Fsp3) is 0.625. The molecule has 0 fully saturated rings. The Morgan fingerprint density at radius 2 is 2.22 bits per heavy atom. The standard InChI is InChI=1S/C8H16N/c1-5-6-8(2)7-9(3)4/h7H,3,5-6H2,1-2,4H3/q+1/b8-7-. The van der Waals surface area contributed by atoms with Crippen LogP contribution in [0.1, 0.15) is 26.7 Å². The summed E-state index contributed by atoms with van der Waals surface area (Å²) in [4.78, 5) is 0. The van der Waals surface area contributed by atoms with Gasteiger partial charge in [0, 0.05) is 0 Å². The van der Waals surface area contributed by atoms with Crippen LogP contribution in [0.4, 0.5) is 0 Å². The van der Waals surface area contributed by atoms with Gasteiger partial charge in [-0.25, -0.2) is 4.58 Å². The fourth-order valence-corrected chi connectivity index (χ4v) is 0.835. The van der Waals surface area contributed by atoms with Crippen LogP contribution in [0.3, 0.4) is 0 Å². The number of hydrogen-bond acceptors (Lipinski definition) is 0. The van der Waals surface area contributed by atoms with Gasteiger partial charge in [0.05, 0.1) is 0 Å². The van der Waals surface area contributed by atoms with Crippen molar-refractivity contribution in [1.82, 2.24) is 0 Å². The van der Waals surface area contributed by atoms with Gasteiger partial charge in [-0.2, -0.15) is 0 Å². The van der Waals surface area contributed by atoms with Crippen molar-refractivity contribution in [1.29, 1.82) is 0 Å². The summed E-state index contributed by atoms with van der Waals surface area (Å²) in [6.45, 7) is 8.03. The zero-order valence-corrected chi connectivity index (χ0v) is 6.65. The van der Waals surface area contributed by atoms with Crippen molar-refractivity contribution in [2.24, 2.45) is 0 Å². The molecule has 52 valence electrons. The van der Waals surface area contributed by atoms with E-state index in [4.69, 9.17) is 0 Å². The third-order valence-electron chi connectivity index (χ3n) is 1.09. The minimum absolute atomic E-state index is 1.18. The van der Waals surface area contributed by atoms with E-state index in [1.807, 2.05) is 11.6 Å². The Labute approximate surface area is 57.7 Å². The third kappa shape index (κ3) is 5.28. The zero-order valence-electron chi connectivity index (χ0n) is 6.65. The van der Waals surface area contributed by atoms with Gasteiger partial charge in [-0.05, 0) is 18.9 Å². The summed E-state index contributed by atoms with van der Waals surface area (Å²) in [7, 11) is 1.94. The Bertz CT molecular complexity index is 123. The van der Waals surface area contributed by atoms with E-state index in [9.17, 15) is 0 Å². The molecule has 0 aromatic carbocycles. The topological polar surface area (TPSA) is 3.01 Å². The minimum Gasteiger partial charge on any atom is -0.214 e. The molecule has 1 heteroatoms. The Kier molecular flexibility index (Phi) is 4.02. The predicted octanol–water partition coefficient (Wildman–Crippen LogP) is 2.03. The molecule has 9 heavy (non-hydrogen) atoms. The maximum Gasteiger partial charge on any atom is 0.166 e. The average Bonchev–Trinajstić information content (AvgIpc) is 1.63. The molecule has 0 aliphatic carbocycles. The lowest BCUT2D eigenvalue weighted by atomic mass is 10.2. The van der Waals surface area contributed by atoms with Crippen molar-refractivity contribution in [3.8, 4) is 0 Å². The highest BCUT2D eigenvalue weighted by atomic mass is 14.9. The smallest absolute Gasteiger partial charge is 0.166 e. The molecule has 0 aromatic rings. The molecule has 0 aliphatic rings. The first-order chi connectivity index (χ1) is 4.16. The van der Waals surface area contributed by atoms with Crippen LogP contribution in [0.5, 0.6) is 0 Å². The van der Waals surface area contributed by atoms with E-state index < -0.39 is 0 Å². The molecule has 0 amide bonds. The quantitative estimate of drug-likeness (QED) is 0.402. The lowest BCUT2D eigenvalue weighted by Gasteiger charge is -1.91. The molecule has 0 rings (SSSR count). The maximum absolute atomic E-state index is 3.72. The first-order valence-corrected chi connectivity index (χ1v) is 3.37. The van der Waals surface area contributed by atoms with Crippen LogP contribution in [-0.2, 0) is 0 Å². The molecule has 1 nitrogen and oxygen atoms in total. The van der Waals surface area contributed by atoms with Crippen molar-refractivity contribution in [3.63, 3.8) is 0 Å². The SMILES string of the molecule is C=[N+](C)/C=C(/C)CCC. The maximum atomic E-state index is 3.72. The van der Waals surface area contributed by atoms with E-state index in [-0.39, 0.29) is 0 Å². The summed E-state index contributed by atoms with van der Waals surface area (Å²) in [5, 5.41) is 0. The van der Waals surface area contributed by atoms with Gasteiger partial charge in [0.1, 0.15) is 13.8 Å². The van der Waals surface area contributed by atoms with E-state index in [0.717, 1.165) is 0 Å². The van der Waals surface area contributed by atoms with Crippen molar-refractivity contribution < 1.29 is 4.58 Å². The Hall–Kier alpha value is -0.590. The molecule has 0 saturated heterocycles. The number of rotatable bonds is 3. The van der Waals surface area contributed by atoms with Gasteiger partial charge in [-0.15, -0.1) is 0 Å². The Morgan fingerprint density at radius 3 is 2.56 bits per heavy atom. The Balaban J connectivity index is 3.69. The van der Waals surface area contributed by atoms with Crippen LogP contribution in [0, 0.1) is 0 Å². The normalized spacial score (nSPS) is 11.7. The molecule has 0 heterocycles. The van der Waals surface area contributed by atoms with Gasteiger partial charge >= 0.3 is 0 Å². The summed E-state index contributed by atoms with van der Waals surface area (Å²) < 4.78 is 1.84. The van der Waals surface area contributed by atoms with E-state index in [1.54, 1.807) is 0 Å². The fourth-order valence-electron chi connectivity index (χ4n) is 0.835. The van der Waals surface area contributed by atoms with Crippen LogP contribution >= 0.6 is 0 Å². The first-order valence-electron chi connectivity index (χ1n) is 3.37. The second-order valence-corrected chi connectivity index (χ2v) is 2.48. The largest absolute Gasteiger partial charge is 0.214 e. The van der Waals surface area contributed by atoms with E-state index in [1.165, 1.54) is 18.4 Å². The highest BCUT2D eigenvalue weighted by molar-refractivity contribution is 5.15. The first kappa shape index (κ1) is 8.41. The molecule has 0 aromatic heterocycles. The number of allylic oxidation sites excluding steroid dienone is 1. The van der Waals surface area contributed by atoms with Crippen LogP contribution in [0.25, 0.3) is 0 Å². The zero-order chi connectivity index (χ0) is 7.28. The molecule has 0 saturated carbocycles. The van der Waals surface area contributed by atoms with Crippen molar-refractivity contribution >= 4 is 6.72 Å². The summed E-state index contributed by atoms with van der Waals surface area (Å²) in [6.07, 6.45) is 4.46. The lowest BCUT2D eigenvalue weighted by molar-refractivity contribution is -0.413. The molecule has 0 unspecified atom stereocenters. The average molecular weight is 126 g/mol. The van der Waals surface area contributed by atoms with Gasteiger partial charge < -0.3 is 0 Å². The molecule has 0 bridgehead atoms. The van der Waals surface area contributed by atoms with Gasteiger partial charge in [-0.1, -0.05) is 13.3 Å². The van der Waals surface area contributed by atoms with E-state index >= 15 is 0 Å². The molecular formula is C8H16N+. The highest BCUT2D eigenvalue weighted by Gasteiger charge is 1.89.